The molecule has 0 aliphatic heterocycles. The molecule has 132 valence electrons. The summed E-state index contributed by atoms with van der Waals surface area (Å²) in [5.74, 6) is 1.30. The van der Waals surface area contributed by atoms with Crippen LogP contribution >= 0.6 is 0 Å². The fourth-order valence-electron chi connectivity index (χ4n) is 2.41. The molecule has 0 fully saturated rings. The van der Waals surface area contributed by atoms with Crippen molar-refractivity contribution in [1.82, 2.24) is 14.3 Å². The monoisotopic (exact) mass is 334 g/mol. The Bertz CT molecular complexity index is 656. The maximum absolute atomic E-state index is 6.07. The summed E-state index contributed by atoms with van der Waals surface area (Å²) in [6.07, 6.45) is 8.39. The van der Waals surface area contributed by atoms with Crippen LogP contribution in [0.25, 0.3) is 0 Å². The molecule has 0 radical (unpaired) electrons. The molecule has 2 rings (SSSR count). The van der Waals surface area contributed by atoms with Gasteiger partial charge in [-0.15, -0.1) is 0 Å². The summed E-state index contributed by atoms with van der Waals surface area (Å²) in [5, 5.41) is 13.0. The van der Waals surface area contributed by atoms with E-state index in [4.69, 9.17) is 17.2 Å². The van der Waals surface area contributed by atoms with Gasteiger partial charge in [-0.1, -0.05) is 12.0 Å². The van der Waals surface area contributed by atoms with Crippen LogP contribution in [0.2, 0.25) is 0 Å². The Morgan fingerprint density at radius 2 is 1.92 bits per heavy atom. The Labute approximate surface area is 142 Å². The van der Waals surface area contributed by atoms with Crippen LogP contribution in [0.3, 0.4) is 0 Å². The predicted octanol–water partition coefficient (Wildman–Crippen LogP) is 1.08. The molecule has 2 aromatic rings. The van der Waals surface area contributed by atoms with E-state index in [1.807, 2.05) is 12.4 Å². The van der Waals surface area contributed by atoms with Crippen LogP contribution in [-0.4, -0.2) is 27.4 Å². The van der Waals surface area contributed by atoms with Crippen LogP contribution in [0.15, 0.2) is 28.8 Å². The molecule has 0 amide bonds. The number of aromatic nitrogens is 4. The van der Waals surface area contributed by atoms with Crippen molar-refractivity contribution in [3.05, 3.63) is 18.6 Å². The van der Waals surface area contributed by atoms with Crippen molar-refractivity contribution < 1.29 is 4.57 Å². The number of hydrogen-bond donors (Lipinski definition) is 3. The second-order valence-electron chi connectivity index (χ2n) is 5.61. The zero-order chi connectivity index (χ0) is 17.4. The second kappa shape index (κ2) is 9.14. The van der Waals surface area contributed by atoms with Crippen LogP contribution < -0.4 is 21.8 Å². The Morgan fingerprint density at radius 1 is 1.17 bits per heavy atom. The van der Waals surface area contributed by atoms with Crippen molar-refractivity contribution >= 4 is 17.5 Å². The van der Waals surface area contributed by atoms with Gasteiger partial charge in [0.15, 0.2) is 11.5 Å². The number of anilines is 1. The molecule has 2 heterocycles. The number of aryl methyl sites for hydroxylation is 3. The van der Waals surface area contributed by atoms with Gasteiger partial charge in [0.1, 0.15) is 0 Å². The number of nitrogens with two attached hydrogens (primary N) is 3. The van der Waals surface area contributed by atoms with Crippen LogP contribution in [-0.2, 0) is 19.6 Å². The Morgan fingerprint density at radius 3 is 2.62 bits per heavy atom. The minimum atomic E-state index is 0.509. The molecule has 0 saturated carbocycles. The number of hydrogen-bond acceptors (Lipinski definition) is 6. The summed E-state index contributed by atoms with van der Waals surface area (Å²) in [6.45, 7) is 5.75. The fourth-order valence-corrected chi connectivity index (χ4v) is 2.41. The molecule has 0 spiro atoms. The van der Waals surface area contributed by atoms with Gasteiger partial charge in [-0.05, 0) is 32.4 Å². The molecule has 0 atom stereocenters. The smallest absolute Gasteiger partial charge is 0.382 e. The highest BCUT2D eigenvalue weighted by atomic mass is 15.3. The van der Waals surface area contributed by atoms with E-state index >= 15 is 0 Å². The first-order valence-corrected chi connectivity index (χ1v) is 8.43. The van der Waals surface area contributed by atoms with Gasteiger partial charge >= 0.3 is 5.95 Å². The van der Waals surface area contributed by atoms with Crippen LogP contribution in [0.1, 0.15) is 26.2 Å². The summed E-state index contributed by atoms with van der Waals surface area (Å²) in [4.78, 5) is 0. The van der Waals surface area contributed by atoms with Gasteiger partial charge in [-0.2, -0.15) is 5.10 Å². The first-order valence-electron chi connectivity index (χ1n) is 8.43. The van der Waals surface area contributed by atoms with Crippen molar-refractivity contribution in [2.24, 2.45) is 21.7 Å². The van der Waals surface area contributed by atoms with E-state index in [9.17, 15) is 0 Å². The number of imidazole rings is 1. The maximum atomic E-state index is 6.07. The maximum Gasteiger partial charge on any atom is 0.421 e. The van der Waals surface area contributed by atoms with Gasteiger partial charge < -0.3 is 17.2 Å². The number of nitrogen functional groups attached to an aromatic ring is 1. The van der Waals surface area contributed by atoms with Crippen LogP contribution in [0, 0.1) is 0 Å². The Balaban J connectivity index is 2.21. The van der Waals surface area contributed by atoms with E-state index in [0.29, 0.717) is 31.1 Å². The average molecular weight is 334 g/mol. The zero-order valence-corrected chi connectivity index (χ0v) is 14.3. The van der Waals surface area contributed by atoms with E-state index < -0.39 is 0 Å². The Kier molecular flexibility index (Phi) is 6.89. The van der Waals surface area contributed by atoms with Crippen LogP contribution in [0.4, 0.5) is 17.5 Å². The Hall–Kier alpha value is -2.26. The number of azo groups is 1. The van der Waals surface area contributed by atoms with E-state index in [1.165, 1.54) is 0 Å². The highest BCUT2D eigenvalue weighted by molar-refractivity contribution is 5.56. The van der Waals surface area contributed by atoms with Gasteiger partial charge in [-0.3, -0.25) is 0 Å². The molecule has 0 bridgehead atoms. The fraction of sp³-hybridized carbons (Fsp3) is 0.600. The lowest BCUT2D eigenvalue weighted by atomic mass is 10.4. The third kappa shape index (κ3) is 4.39. The SMILES string of the molecule is CCC[n+]1ccn(CCCN)c1N=Nc1cnn(CCCN)c1N. The standard InChI is InChI=1S/C15H27N9/c1-2-7-22-10-11-23(8-3-5-16)15(22)21-20-13-12-19-24(14(13)18)9-4-6-17/h10-12,18H,2-9,16-17H2,1H3/p+1. The summed E-state index contributed by atoms with van der Waals surface area (Å²) < 4.78 is 5.84. The highest BCUT2D eigenvalue weighted by Crippen LogP contribution is 2.23. The molecule has 9 nitrogen and oxygen atoms in total. The molecule has 24 heavy (non-hydrogen) atoms. The minimum Gasteiger partial charge on any atom is -0.382 e. The summed E-state index contributed by atoms with van der Waals surface area (Å²) in [6, 6.07) is 0. The normalized spacial score (nSPS) is 11.6. The minimum absolute atomic E-state index is 0.509. The molecule has 6 N–H and O–H groups in total. The molecular weight excluding hydrogens is 306 g/mol. The highest BCUT2D eigenvalue weighted by Gasteiger charge is 2.17. The number of rotatable bonds is 10. The van der Waals surface area contributed by atoms with E-state index in [1.54, 1.807) is 10.9 Å². The summed E-state index contributed by atoms with van der Waals surface area (Å²) in [7, 11) is 0. The largest absolute Gasteiger partial charge is 0.421 e. The number of nitrogens with zero attached hydrogens (tertiary/aromatic N) is 6. The lowest BCUT2D eigenvalue weighted by Crippen LogP contribution is -2.31. The summed E-state index contributed by atoms with van der Waals surface area (Å²) in [5.41, 5.74) is 17.8. The van der Waals surface area contributed by atoms with E-state index in [-0.39, 0.29) is 0 Å². The third-order valence-corrected chi connectivity index (χ3v) is 3.69. The van der Waals surface area contributed by atoms with Gasteiger partial charge in [0, 0.05) is 11.7 Å². The first kappa shape index (κ1) is 18.1. The zero-order valence-electron chi connectivity index (χ0n) is 14.3. The van der Waals surface area contributed by atoms with Crippen molar-refractivity contribution in [2.75, 3.05) is 18.8 Å². The topological polar surface area (TPSA) is 129 Å². The lowest BCUT2D eigenvalue weighted by Gasteiger charge is -2.01. The van der Waals surface area contributed by atoms with Crippen molar-refractivity contribution in [3.8, 4) is 0 Å². The first-order chi connectivity index (χ1) is 11.7. The van der Waals surface area contributed by atoms with Crippen LogP contribution in [0.5, 0.6) is 0 Å². The van der Waals surface area contributed by atoms with Gasteiger partial charge in [-0.25, -0.2) is 13.8 Å². The van der Waals surface area contributed by atoms with Crippen molar-refractivity contribution in [3.63, 3.8) is 0 Å². The van der Waals surface area contributed by atoms with Crippen molar-refractivity contribution in [1.29, 1.82) is 0 Å². The average Bonchev–Trinajstić information content (AvgIpc) is 3.13. The van der Waals surface area contributed by atoms with Gasteiger partial charge in [0.2, 0.25) is 0 Å². The third-order valence-electron chi connectivity index (χ3n) is 3.69. The molecule has 0 aliphatic carbocycles. The second-order valence-corrected chi connectivity index (χ2v) is 5.61. The predicted molar refractivity (Wildman–Crippen MR) is 93.1 cm³/mol. The van der Waals surface area contributed by atoms with Gasteiger partial charge in [0.25, 0.3) is 0 Å². The molecule has 0 aliphatic rings. The lowest BCUT2D eigenvalue weighted by molar-refractivity contribution is -0.683. The van der Waals surface area contributed by atoms with E-state index in [0.717, 1.165) is 38.3 Å². The molecule has 0 aromatic carbocycles. The summed E-state index contributed by atoms with van der Waals surface area (Å²) >= 11 is 0. The van der Waals surface area contributed by atoms with Gasteiger partial charge in [0.05, 0.1) is 31.7 Å². The molecule has 0 unspecified atom stereocenters. The molecular formula is C15H28N9+. The quantitative estimate of drug-likeness (QED) is 0.443. The van der Waals surface area contributed by atoms with E-state index in [2.05, 4.69) is 31.4 Å². The van der Waals surface area contributed by atoms with Crippen molar-refractivity contribution in [2.45, 2.75) is 45.8 Å². The molecule has 2 aromatic heterocycles. The molecule has 9 heteroatoms. The molecule has 0 saturated heterocycles.